The average molecular weight is 425 g/mol. The van der Waals surface area contributed by atoms with Crippen LogP contribution in [0.4, 0.5) is 0 Å². The lowest BCUT2D eigenvalue weighted by Gasteiger charge is -2.07. The lowest BCUT2D eigenvalue weighted by atomic mass is 10.1. The van der Waals surface area contributed by atoms with Crippen LogP contribution in [-0.4, -0.2) is 29.6 Å². The van der Waals surface area contributed by atoms with Gasteiger partial charge in [0, 0.05) is 13.0 Å². The first-order valence-electron chi connectivity index (χ1n) is 12.5. The summed E-state index contributed by atoms with van der Waals surface area (Å²) < 4.78 is 0. The number of carboxylic acid groups (broad SMARTS) is 1. The van der Waals surface area contributed by atoms with Crippen molar-refractivity contribution < 1.29 is 14.7 Å². The minimum absolute atomic E-state index is 0.103. The second kappa shape index (κ2) is 22.3. The number of hydrogen-bond acceptors (Lipinski definition) is 3. The Balaban J connectivity index is 3.27. The highest BCUT2D eigenvalue weighted by atomic mass is 16.4. The summed E-state index contributed by atoms with van der Waals surface area (Å²) in [5, 5.41) is 11.6. The van der Waals surface area contributed by atoms with Gasteiger partial charge in [0.1, 0.15) is 6.04 Å². The predicted octanol–water partition coefficient (Wildman–Crippen LogP) is 6.11. The van der Waals surface area contributed by atoms with E-state index in [4.69, 9.17) is 10.8 Å². The molecule has 0 radical (unpaired) electrons. The third-order valence-electron chi connectivity index (χ3n) is 5.50. The van der Waals surface area contributed by atoms with Gasteiger partial charge < -0.3 is 16.2 Å². The molecular weight excluding hydrogens is 376 g/mol. The molecule has 0 aliphatic rings. The Hall–Kier alpha value is -1.36. The number of nitrogens with one attached hydrogen (secondary N) is 1. The number of carbonyl (C=O) groups excluding carboxylic acids is 1. The molecule has 0 aromatic rings. The van der Waals surface area contributed by atoms with Crippen molar-refractivity contribution >= 4 is 11.9 Å². The Labute approximate surface area is 185 Å². The van der Waals surface area contributed by atoms with Crippen molar-refractivity contribution in [3.05, 3.63) is 12.2 Å². The number of allylic oxidation sites excluding steroid dienone is 2. The van der Waals surface area contributed by atoms with Crippen LogP contribution in [0.1, 0.15) is 122 Å². The second-order valence-electron chi connectivity index (χ2n) is 8.48. The van der Waals surface area contributed by atoms with Crippen molar-refractivity contribution in [3.63, 3.8) is 0 Å². The molecule has 0 aromatic heterocycles. The summed E-state index contributed by atoms with van der Waals surface area (Å²) in [6.45, 7) is 2.87. The zero-order valence-electron chi connectivity index (χ0n) is 19.5. The van der Waals surface area contributed by atoms with E-state index in [0.29, 0.717) is 19.4 Å². The molecule has 5 nitrogen and oxygen atoms in total. The van der Waals surface area contributed by atoms with Crippen LogP contribution in [-0.2, 0) is 9.59 Å². The molecule has 0 bridgehead atoms. The van der Waals surface area contributed by atoms with E-state index in [1.807, 2.05) is 0 Å². The van der Waals surface area contributed by atoms with E-state index in [0.717, 1.165) is 25.7 Å². The molecule has 0 heterocycles. The molecule has 0 unspecified atom stereocenters. The van der Waals surface area contributed by atoms with Gasteiger partial charge in [-0.1, -0.05) is 76.9 Å². The van der Waals surface area contributed by atoms with Gasteiger partial charge in [0.05, 0.1) is 0 Å². The van der Waals surface area contributed by atoms with Crippen molar-refractivity contribution in [2.24, 2.45) is 5.73 Å². The molecule has 0 saturated carbocycles. The van der Waals surface area contributed by atoms with Crippen LogP contribution in [0.2, 0.25) is 0 Å². The van der Waals surface area contributed by atoms with Crippen LogP contribution >= 0.6 is 0 Å². The largest absolute Gasteiger partial charge is 0.480 e. The van der Waals surface area contributed by atoms with Crippen molar-refractivity contribution in [2.45, 2.75) is 129 Å². The molecule has 176 valence electrons. The first-order valence-corrected chi connectivity index (χ1v) is 12.5. The molecule has 0 rings (SSSR count). The molecule has 4 N–H and O–H groups in total. The van der Waals surface area contributed by atoms with Gasteiger partial charge in [-0.3, -0.25) is 9.59 Å². The van der Waals surface area contributed by atoms with Gasteiger partial charge in [0.2, 0.25) is 5.91 Å². The Morgan fingerprint density at radius 3 is 1.90 bits per heavy atom. The Kier molecular flexibility index (Phi) is 21.3. The maximum atomic E-state index is 11.8. The lowest BCUT2D eigenvalue weighted by molar-refractivity contribution is -0.138. The minimum Gasteiger partial charge on any atom is -0.480 e. The highest BCUT2D eigenvalue weighted by molar-refractivity contribution is 5.75. The fraction of sp³-hybridized carbons (Fsp3) is 0.840. The number of hydrogen-bond donors (Lipinski definition) is 3. The normalized spacial score (nSPS) is 12.3. The molecule has 1 atom stereocenters. The first kappa shape index (κ1) is 28.6. The summed E-state index contributed by atoms with van der Waals surface area (Å²) in [4.78, 5) is 22.4. The highest BCUT2D eigenvalue weighted by Crippen LogP contribution is 2.10. The number of carbonyl (C=O) groups is 2. The highest BCUT2D eigenvalue weighted by Gasteiger charge is 2.10. The van der Waals surface area contributed by atoms with E-state index in [9.17, 15) is 9.59 Å². The average Bonchev–Trinajstić information content (AvgIpc) is 2.72. The quantitative estimate of drug-likeness (QED) is 0.144. The summed E-state index contributed by atoms with van der Waals surface area (Å²) in [7, 11) is 0. The standard InChI is InChI=1S/C25H48N2O3/c1-2-3-4-5-6-7-8-9-10-11-12-13-14-15-16-17-21-24(28)27-22-19-18-20-23(26)25(29)30/h10-11,23H,2-9,12-22,26H2,1H3,(H,27,28)(H,29,30)/b11-10+/t23-/m0/s1. The zero-order valence-corrected chi connectivity index (χ0v) is 19.5. The van der Waals surface area contributed by atoms with Crippen LogP contribution in [0.3, 0.4) is 0 Å². The van der Waals surface area contributed by atoms with E-state index in [-0.39, 0.29) is 5.91 Å². The van der Waals surface area contributed by atoms with E-state index in [1.54, 1.807) is 0 Å². The van der Waals surface area contributed by atoms with Crippen LogP contribution in [0, 0.1) is 0 Å². The molecule has 1 amide bonds. The van der Waals surface area contributed by atoms with Crippen LogP contribution in [0.5, 0.6) is 0 Å². The zero-order chi connectivity index (χ0) is 22.3. The third-order valence-corrected chi connectivity index (χ3v) is 5.50. The van der Waals surface area contributed by atoms with Gasteiger partial charge >= 0.3 is 5.97 Å². The smallest absolute Gasteiger partial charge is 0.320 e. The second-order valence-corrected chi connectivity index (χ2v) is 8.48. The first-order chi connectivity index (χ1) is 14.6. The van der Waals surface area contributed by atoms with Crippen molar-refractivity contribution in [1.82, 2.24) is 5.32 Å². The maximum Gasteiger partial charge on any atom is 0.320 e. The molecule has 30 heavy (non-hydrogen) atoms. The number of aliphatic carboxylic acids is 1. The molecule has 0 aromatic carbocycles. The fourth-order valence-corrected chi connectivity index (χ4v) is 3.46. The Morgan fingerprint density at radius 1 is 0.800 bits per heavy atom. The number of amides is 1. The molecule has 5 heteroatoms. The van der Waals surface area contributed by atoms with Crippen LogP contribution < -0.4 is 11.1 Å². The predicted molar refractivity (Wildman–Crippen MR) is 127 cm³/mol. The summed E-state index contributed by atoms with van der Waals surface area (Å²) in [5.74, 6) is -0.857. The minimum atomic E-state index is -0.960. The molecule has 0 aliphatic heterocycles. The van der Waals surface area contributed by atoms with Gasteiger partial charge in [-0.25, -0.2) is 0 Å². The molecule has 0 fully saturated rings. The summed E-state index contributed by atoms with van der Waals surface area (Å²) in [6.07, 6.45) is 25.0. The maximum absolute atomic E-state index is 11.8. The summed E-state index contributed by atoms with van der Waals surface area (Å²) >= 11 is 0. The Morgan fingerprint density at radius 2 is 1.33 bits per heavy atom. The van der Waals surface area contributed by atoms with Crippen molar-refractivity contribution in [2.75, 3.05) is 6.54 Å². The monoisotopic (exact) mass is 424 g/mol. The topological polar surface area (TPSA) is 92.4 Å². The van der Waals surface area contributed by atoms with Gasteiger partial charge in [0.25, 0.3) is 0 Å². The van der Waals surface area contributed by atoms with Gasteiger partial charge in [-0.2, -0.15) is 0 Å². The van der Waals surface area contributed by atoms with E-state index in [2.05, 4.69) is 24.4 Å². The molecule has 0 spiro atoms. The van der Waals surface area contributed by atoms with Crippen LogP contribution in [0.15, 0.2) is 12.2 Å². The fourth-order valence-electron chi connectivity index (χ4n) is 3.46. The van der Waals surface area contributed by atoms with Crippen molar-refractivity contribution in [1.29, 1.82) is 0 Å². The number of unbranched alkanes of at least 4 members (excludes halogenated alkanes) is 13. The van der Waals surface area contributed by atoms with Gasteiger partial charge in [-0.05, 0) is 51.4 Å². The molecular formula is C25H48N2O3. The van der Waals surface area contributed by atoms with Crippen molar-refractivity contribution in [3.8, 4) is 0 Å². The number of rotatable bonds is 22. The van der Waals surface area contributed by atoms with Gasteiger partial charge in [-0.15, -0.1) is 0 Å². The third kappa shape index (κ3) is 21.4. The lowest BCUT2D eigenvalue weighted by Crippen LogP contribution is -2.30. The number of nitrogens with two attached hydrogens (primary N) is 1. The van der Waals surface area contributed by atoms with E-state index in [1.165, 1.54) is 77.0 Å². The SMILES string of the molecule is CCCCCCCCC/C=C/CCCCCCCC(=O)NCCCC[C@H](N)C(=O)O. The Bertz CT molecular complexity index is 438. The molecule has 0 saturated heterocycles. The van der Waals surface area contributed by atoms with E-state index >= 15 is 0 Å². The summed E-state index contributed by atoms with van der Waals surface area (Å²) in [6, 6.07) is -0.790. The summed E-state index contributed by atoms with van der Waals surface area (Å²) in [5.41, 5.74) is 5.44. The van der Waals surface area contributed by atoms with Crippen LogP contribution in [0.25, 0.3) is 0 Å². The van der Waals surface area contributed by atoms with Gasteiger partial charge in [0.15, 0.2) is 0 Å². The van der Waals surface area contributed by atoms with E-state index < -0.39 is 12.0 Å². The number of carboxylic acids is 1. The molecule has 0 aliphatic carbocycles.